The van der Waals surface area contributed by atoms with E-state index in [1.54, 1.807) is 0 Å². The third kappa shape index (κ3) is 1.57. The first kappa shape index (κ1) is 7.56. The van der Waals surface area contributed by atoms with Gasteiger partial charge in [-0.1, -0.05) is 0 Å². The van der Waals surface area contributed by atoms with Crippen molar-refractivity contribution in [1.82, 2.24) is 5.32 Å². The number of hydrogen-bond donors (Lipinski definition) is 1. The summed E-state index contributed by atoms with van der Waals surface area (Å²) in [6, 6.07) is 0. The Morgan fingerprint density at radius 3 is 3.09 bits per heavy atom. The number of hydrogen-bond acceptors (Lipinski definition) is 2. The van der Waals surface area contributed by atoms with Crippen molar-refractivity contribution in [2.75, 3.05) is 26.8 Å². The molecule has 0 amide bonds. The van der Waals surface area contributed by atoms with E-state index in [4.69, 9.17) is 4.74 Å². The van der Waals surface area contributed by atoms with Crippen LogP contribution in [-0.4, -0.2) is 26.8 Å². The van der Waals surface area contributed by atoms with Crippen LogP contribution in [0.15, 0.2) is 0 Å². The largest absolute Gasteiger partial charge is 0.381 e. The van der Waals surface area contributed by atoms with Gasteiger partial charge in [-0.15, -0.1) is 0 Å². The van der Waals surface area contributed by atoms with Crippen LogP contribution in [0.1, 0.15) is 12.8 Å². The Morgan fingerprint density at radius 1 is 1.55 bits per heavy atom. The number of nitrogens with one attached hydrogen (secondary N) is 1. The van der Waals surface area contributed by atoms with Crippen molar-refractivity contribution in [3.63, 3.8) is 0 Å². The first-order chi connectivity index (χ1) is 5.42. The van der Waals surface area contributed by atoms with Gasteiger partial charge in [-0.05, 0) is 44.2 Å². The fraction of sp³-hybridized carbons (Fsp3) is 1.00. The summed E-state index contributed by atoms with van der Waals surface area (Å²) in [5.41, 5.74) is 0. The van der Waals surface area contributed by atoms with Gasteiger partial charge in [0.25, 0.3) is 0 Å². The lowest BCUT2D eigenvalue weighted by atomic mass is 10.0. The predicted molar refractivity (Wildman–Crippen MR) is 44.4 cm³/mol. The Hall–Kier alpha value is -0.0800. The van der Waals surface area contributed by atoms with Crippen LogP contribution in [0, 0.1) is 17.8 Å². The molecule has 3 atom stereocenters. The summed E-state index contributed by atoms with van der Waals surface area (Å²) in [5.74, 6) is 2.85. The lowest BCUT2D eigenvalue weighted by Gasteiger charge is -2.05. The van der Waals surface area contributed by atoms with Gasteiger partial charge in [0.2, 0.25) is 0 Å². The third-order valence-electron chi connectivity index (χ3n) is 3.01. The van der Waals surface area contributed by atoms with E-state index in [9.17, 15) is 0 Å². The first-order valence-electron chi connectivity index (χ1n) is 4.64. The predicted octanol–water partition coefficient (Wildman–Crippen LogP) is 0.878. The van der Waals surface area contributed by atoms with Crippen LogP contribution in [-0.2, 0) is 4.74 Å². The normalized spacial score (nSPS) is 42.8. The molecule has 1 N–H and O–H groups in total. The standard InChI is InChI=1S/C9H17NO/c1-10-5-8-4-9(8)7-2-3-11-6-7/h7-10H,2-6H2,1H3. The Labute approximate surface area is 68.3 Å². The van der Waals surface area contributed by atoms with Crippen molar-refractivity contribution >= 4 is 0 Å². The minimum Gasteiger partial charge on any atom is -0.381 e. The minimum absolute atomic E-state index is 0.897. The molecule has 1 saturated heterocycles. The topological polar surface area (TPSA) is 21.3 Å². The molecule has 0 aromatic heterocycles. The molecule has 0 spiro atoms. The lowest BCUT2D eigenvalue weighted by Crippen LogP contribution is -2.13. The van der Waals surface area contributed by atoms with Crippen molar-refractivity contribution < 1.29 is 4.74 Å². The molecule has 2 heteroatoms. The van der Waals surface area contributed by atoms with Crippen molar-refractivity contribution in [3.8, 4) is 0 Å². The summed E-state index contributed by atoms with van der Waals surface area (Å²) in [7, 11) is 2.04. The average Bonchev–Trinajstić information content (AvgIpc) is 2.61. The van der Waals surface area contributed by atoms with Gasteiger partial charge >= 0.3 is 0 Å². The second-order valence-electron chi connectivity index (χ2n) is 3.84. The summed E-state index contributed by atoms with van der Waals surface area (Å²) in [5, 5.41) is 3.24. The summed E-state index contributed by atoms with van der Waals surface area (Å²) < 4.78 is 5.36. The molecular formula is C9H17NO. The van der Waals surface area contributed by atoms with E-state index >= 15 is 0 Å². The van der Waals surface area contributed by atoms with Crippen LogP contribution >= 0.6 is 0 Å². The molecule has 2 rings (SSSR count). The maximum absolute atomic E-state index is 5.36. The maximum Gasteiger partial charge on any atom is 0.0497 e. The van der Waals surface area contributed by atoms with Gasteiger partial charge in [0, 0.05) is 13.2 Å². The Kier molecular flexibility index (Phi) is 2.14. The quantitative estimate of drug-likeness (QED) is 0.653. The summed E-state index contributed by atoms with van der Waals surface area (Å²) in [6.07, 6.45) is 2.75. The minimum atomic E-state index is 0.897. The van der Waals surface area contributed by atoms with E-state index < -0.39 is 0 Å². The zero-order chi connectivity index (χ0) is 7.68. The highest BCUT2D eigenvalue weighted by atomic mass is 16.5. The van der Waals surface area contributed by atoms with E-state index in [1.807, 2.05) is 7.05 Å². The smallest absolute Gasteiger partial charge is 0.0497 e. The molecule has 3 unspecified atom stereocenters. The molecule has 2 aliphatic rings. The maximum atomic E-state index is 5.36. The molecule has 1 heterocycles. The van der Waals surface area contributed by atoms with Crippen LogP contribution < -0.4 is 5.32 Å². The van der Waals surface area contributed by atoms with E-state index in [0.717, 1.165) is 31.0 Å². The van der Waals surface area contributed by atoms with Gasteiger partial charge in [-0.3, -0.25) is 0 Å². The molecule has 2 fully saturated rings. The number of rotatable bonds is 3. The lowest BCUT2D eigenvalue weighted by molar-refractivity contribution is 0.181. The second kappa shape index (κ2) is 3.11. The molecule has 0 aromatic rings. The highest BCUT2D eigenvalue weighted by molar-refractivity contribution is 4.93. The molecule has 0 bridgehead atoms. The summed E-state index contributed by atoms with van der Waals surface area (Å²) in [6.45, 7) is 3.25. The summed E-state index contributed by atoms with van der Waals surface area (Å²) >= 11 is 0. The van der Waals surface area contributed by atoms with E-state index in [-0.39, 0.29) is 0 Å². The van der Waals surface area contributed by atoms with Gasteiger partial charge < -0.3 is 10.1 Å². The Morgan fingerprint density at radius 2 is 2.45 bits per heavy atom. The van der Waals surface area contributed by atoms with E-state index in [0.29, 0.717) is 0 Å². The fourth-order valence-electron chi connectivity index (χ4n) is 2.24. The molecule has 1 aliphatic heterocycles. The van der Waals surface area contributed by atoms with Crippen LogP contribution in [0.2, 0.25) is 0 Å². The van der Waals surface area contributed by atoms with E-state index in [1.165, 1.54) is 19.4 Å². The van der Waals surface area contributed by atoms with Crippen molar-refractivity contribution in [2.24, 2.45) is 17.8 Å². The van der Waals surface area contributed by atoms with Crippen molar-refractivity contribution in [3.05, 3.63) is 0 Å². The molecule has 0 aromatic carbocycles. The molecule has 2 nitrogen and oxygen atoms in total. The molecule has 11 heavy (non-hydrogen) atoms. The second-order valence-corrected chi connectivity index (χ2v) is 3.84. The van der Waals surface area contributed by atoms with Crippen LogP contribution in [0.3, 0.4) is 0 Å². The summed E-state index contributed by atoms with van der Waals surface area (Å²) in [4.78, 5) is 0. The van der Waals surface area contributed by atoms with Gasteiger partial charge in [0.05, 0.1) is 0 Å². The molecule has 1 saturated carbocycles. The molecule has 64 valence electrons. The van der Waals surface area contributed by atoms with Crippen LogP contribution in [0.5, 0.6) is 0 Å². The zero-order valence-electron chi connectivity index (χ0n) is 7.18. The molecule has 0 radical (unpaired) electrons. The van der Waals surface area contributed by atoms with Gasteiger partial charge in [-0.2, -0.15) is 0 Å². The average molecular weight is 155 g/mol. The molecular weight excluding hydrogens is 138 g/mol. The fourth-order valence-corrected chi connectivity index (χ4v) is 2.24. The van der Waals surface area contributed by atoms with Gasteiger partial charge in [0.15, 0.2) is 0 Å². The Balaban J connectivity index is 1.72. The number of ether oxygens (including phenoxy) is 1. The van der Waals surface area contributed by atoms with Gasteiger partial charge in [-0.25, -0.2) is 0 Å². The molecule has 1 aliphatic carbocycles. The van der Waals surface area contributed by atoms with E-state index in [2.05, 4.69) is 5.32 Å². The third-order valence-corrected chi connectivity index (χ3v) is 3.01. The van der Waals surface area contributed by atoms with Crippen molar-refractivity contribution in [2.45, 2.75) is 12.8 Å². The highest BCUT2D eigenvalue weighted by Crippen LogP contribution is 2.46. The monoisotopic (exact) mass is 155 g/mol. The SMILES string of the molecule is CNCC1CC1C1CCOC1. The van der Waals surface area contributed by atoms with Gasteiger partial charge in [0.1, 0.15) is 0 Å². The van der Waals surface area contributed by atoms with Crippen molar-refractivity contribution in [1.29, 1.82) is 0 Å². The Bertz CT molecular complexity index is 132. The zero-order valence-corrected chi connectivity index (χ0v) is 7.18. The highest BCUT2D eigenvalue weighted by Gasteiger charge is 2.43. The first-order valence-corrected chi connectivity index (χ1v) is 4.64. The van der Waals surface area contributed by atoms with Crippen LogP contribution in [0.4, 0.5) is 0 Å². The van der Waals surface area contributed by atoms with Crippen LogP contribution in [0.25, 0.3) is 0 Å².